The molecule has 0 amide bonds. The minimum absolute atomic E-state index is 0.0893. The van der Waals surface area contributed by atoms with E-state index in [1.54, 1.807) is 0 Å². The Morgan fingerprint density at radius 3 is 2.14 bits per heavy atom. The first kappa shape index (κ1) is 18.4. The molecule has 0 aliphatic heterocycles. The molecule has 21 heavy (non-hydrogen) atoms. The van der Waals surface area contributed by atoms with Crippen molar-refractivity contribution in [3.63, 3.8) is 0 Å². The highest BCUT2D eigenvalue weighted by molar-refractivity contribution is 7.51. The predicted molar refractivity (Wildman–Crippen MR) is 89.6 cm³/mol. The van der Waals surface area contributed by atoms with Crippen LogP contribution in [0.1, 0.15) is 32.8 Å². The zero-order chi connectivity index (χ0) is 16.3. The summed E-state index contributed by atoms with van der Waals surface area (Å²) in [5, 5.41) is 0. The number of hydrogen-bond donors (Lipinski definition) is 2. The highest BCUT2D eigenvalue weighted by atomic mass is 31.2. The van der Waals surface area contributed by atoms with E-state index in [1.807, 2.05) is 38.1 Å². The van der Waals surface area contributed by atoms with E-state index in [0.29, 0.717) is 6.42 Å². The highest BCUT2D eigenvalue weighted by Crippen LogP contribution is 2.40. The van der Waals surface area contributed by atoms with Crippen molar-refractivity contribution in [3.05, 3.63) is 29.8 Å². The summed E-state index contributed by atoms with van der Waals surface area (Å²) >= 11 is 0. The van der Waals surface area contributed by atoms with Gasteiger partial charge in [-0.1, -0.05) is 32.9 Å². The Morgan fingerprint density at radius 1 is 1.19 bits per heavy atom. The Balaban J connectivity index is 2.79. The molecule has 0 fully saturated rings. The summed E-state index contributed by atoms with van der Waals surface area (Å²) in [6.45, 7) is 10.5. The van der Waals surface area contributed by atoms with Crippen LogP contribution in [0.5, 0.6) is 5.75 Å². The summed E-state index contributed by atoms with van der Waals surface area (Å²) in [5.41, 5.74) is 0.802. The standard InChI is InChI=1S/C15H27O4PSi/c1-6-21(4,5)19-14-9-7-13(8-10-14)15(2,3)11-12-20(16,17)18/h7-10H,6,11-12H2,1-5H3,(H2,16,17,18). The van der Waals surface area contributed by atoms with Crippen LogP contribution >= 0.6 is 7.60 Å². The second-order valence-electron chi connectivity index (χ2n) is 6.76. The molecule has 1 aromatic rings. The summed E-state index contributed by atoms with van der Waals surface area (Å²) in [6, 6.07) is 8.96. The van der Waals surface area contributed by atoms with Crippen LogP contribution in [0.25, 0.3) is 0 Å². The van der Waals surface area contributed by atoms with Crippen molar-refractivity contribution in [3.8, 4) is 5.75 Å². The molecule has 1 rings (SSSR count). The van der Waals surface area contributed by atoms with Crippen molar-refractivity contribution < 1.29 is 18.8 Å². The van der Waals surface area contributed by atoms with Gasteiger partial charge in [-0.3, -0.25) is 4.57 Å². The molecule has 0 unspecified atom stereocenters. The number of hydrogen-bond acceptors (Lipinski definition) is 2. The van der Waals surface area contributed by atoms with E-state index in [0.717, 1.165) is 17.4 Å². The van der Waals surface area contributed by atoms with E-state index in [-0.39, 0.29) is 11.6 Å². The minimum Gasteiger partial charge on any atom is -0.544 e. The van der Waals surface area contributed by atoms with Crippen molar-refractivity contribution in [2.24, 2.45) is 0 Å². The summed E-state index contributed by atoms with van der Waals surface area (Å²) in [7, 11) is -5.57. The summed E-state index contributed by atoms with van der Waals surface area (Å²) < 4.78 is 17.1. The second kappa shape index (κ2) is 6.65. The highest BCUT2D eigenvalue weighted by Gasteiger charge is 2.26. The van der Waals surface area contributed by atoms with Crippen LogP contribution in [0.4, 0.5) is 0 Å². The fraction of sp³-hybridized carbons (Fsp3) is 0.600. The molecule has 0 heterocycles. The molecule has 0 aromatic heterocycles. The lowest BCUT2D eigenvalue weighted by atomic mass is 9.82. The molecule has 120 valence electrons. The molecule has 1 aromatic carbocycles. The van der Waals surface area contributed by atoms with Gasteiger partial charge in [0.05, 0.1) is 6.16 Å². The third kappa shape index (κ3) is 6.35. The van der Waals surface area contributed by atoms with E-state index in [2.05, 4.69) is 20.0 Å². The maximum absolute atomic E-state index is 11.0. The maximum atomic E-state index is 11.0. The molecule has 0 atom stereocenters. The molecular formula is C15H27O4PSi. The van der Waals surface area contributed by atoms with Crippen LogP contribution in [0, 0.1) is 0 Å². The molecule has 0 spiro atoms. The first-order chi connectivity index (χ1) is 9.45. The third-order valence-electron chi connectivity index (χ3n) is 3.91. The van der Waals surface area contributed by atoms with E-state index in [9.17, 15) is 4.57 Å². The van der Waals surface area contributed by atoms with Crippen LogP contribution < -0.4 is 4.43 Å². The van der Waals surface area contributed by atoms with Gasteiger partial charge in [-0.2, -0.15) is 0 Å². The van der Waals surface area contributed by atoms with Gasteiger partial charge < -0.3 is 14.2 Å². The first-order valence-corrected chi connectivity index (χ1v) is 12.2. The second-order valence-corrected chi connectivity index (χ2v) is 13.0. The van der Waals surface area contributed by atoms with E-state index in [4.69, 9.17) is 14.2 Å². The SMILES string of the molecule is CC[Si](C)(C)Oc1ccc(C(C)(C)CCP(=O)(O)O)cc1. The monoisotopic (exact) mass is 330 g/mol. The normalized spacial score (nSPS) is 13.3. The van der Waals surface area contributed by atoms with Crippen LogP contribution in [0.2, 0.25) is 19.1 Å². The van der Waals surface area contributed by atoms with Crippen molar-refractivity contribution in [1.29, 1.82) is 0 Å². The van der Waals surface area contributed by atoms with Crippen LogP contribution in [0.3, 0.4) is 0 Å². The topological polar surface area (TPSA) is 66.8 Å². The van der Waals surface area contributed by atoms with E-state index in [1.165, 1.54) is 0 Å². The van der Waals surface area contributed by atoms with Crippen LogP contribution in [-0.4, -0.2) is 24.3 Å². The van der Waals surface area contributed by atoms with Gasteiger partial charge in [-0.15, -0.1) is 0 Å². The Labute approximate surface area is 128 Å². The Kier molecular flexibility index (Phi) is 5.84. The average molecular weight is 330 g/mol. The molecule has 0 saturated heterocycles. The van der Waals surface area contributed by atoms with Gasteiger partial charge in [0.15, 0.2) is 0 Å². The zero-order valence-corrected chi connectivity index (χ0v) is 15.5. The smallest absolute Gasteiger partial charge is 0.325 e. The molecule has 0 aliphatic rings. The lowest BCUT2D eigenvalue weighted by molar-refractivity contribution is 0.363. The Hall–Kier alpha value is -0.613. The minimum atomic E-state index is -3.94. The van der Waals surface area contributed by atoms with Gasteiger partial charge in [0.2, 0.25) is 8.32 Å². The summed E-state index contributed by atoms with van der Waals surface area (Å²) in [5.74, 6) is 0.878. The van der Waals surface area contributed by atoms with E-state index < -0.39 is 15.9 Å². The van der Waals surface area contributed by atoms with Crippen molar-refractivity contribution in [2.75, 3.05) is 6.16 Å². The van der Waals surface area contributed by atoms with Crippen molar-refractivity contribution in [1.82, 2.24) is 0 Å². The predicted octanol–water partition coefficient (Wildman–Crippen LogP) is 4.14. The number of benzene rings is 1. The molecule has 2 N–H and O–H groups in total. The van der Waals surface area contributed by atoms with Crippen LogP contribution in [-0.2, 0) is 9.98 Å². The van der Waals surface area contributed by atoms with Gasteiger partial charge in [0.25, 0.3) is 0 Å². The molecule has 6 heteroatoms. The first-order valence-electron chi connectivity index (χ1n) is 7.29. The van der Waals surface area contributed by atoms with Gasteiger partial charge in [-0.05, 0) is 48.7 Å². The Bertz CT molecular complexity index is 505. The van der Waals surface area contributed by atoms with Crippen molar-refractivity contribution in [2.45, 2.75) is 51.7 Å². The van der Waals surface area contributed by atoms with Gasteiger partial charge in [-0.25, -0.2) is 0 Å². The average Bonchev–Trinajstić information content (AvgIpc) is 2.36. The molecule has 0 bridgehead atoms. The fourth-order valence-electron chi connectivity index (χ4n) is 1.93. The molecule has 4 nitrogen and oxygen atoms in total. The van der Waals surface area contributed by atoms with Crippen molar-refractivity contribution >= 4 is 15.9 Å². The molecule has 0 radical (unpaired) electrons. The van der Waals surface area contributed by atoms with E-state index >= 15 is 0 Å². The quantitative estimate of drug-likeness (QED) is 0.582. The summed E-state index contributed by atoms with van der Waals surface area (Å²) in [4.78, 5) is 18.0. The third-order valence-corrected chi connectivity index (χ3v) is 7.21. The lowest BCUT2D eigenvalue weighted by Crippen LogP contribution is -2.32. The fourth-order valence-corrected chi connectivity index (χ4v) is 3.70. The maximum Gasteiger partial charge on any atom is 0.325 e. The molecule has 0 saturated carbocycles. The van der Waals surface area contributed by atoms with Gasteiger partial charge in [0, 0.05) is 0 Å². The Morgan fingerprint density at radius 2 is 1.71 bits per heavy atom. The molecule has 0 aliphatic carbocycles. The number of rotatable bonds is 7. The molecular weight excluding hydrogens is 303 g/mol. The zero-order valence-electron chi connectivity index (χ0n) is 13.6. The lowest BCUT2D eigenvalue weighted by Gasteiger charge is -2.27. The van der Waals surface area contributed by atoms with Crippen LogP contribution in [0.15, 0.2) is 24.3 Å². The summed E-state index contributed by atoms with van der Waals surface area (Å²) in [6.07, 6.45) is 0.362. The van der Waals surface area contributed by atoms with Gasteiger partial charge >= 0.3 is 7.60 Å². The van der Waals surface area contributed by atoms with Gasteiger partial charge in [0.1, 0.15) is 5.75 Å². The largest absolute Gasteiger partial charge is 0.544 e.